The molecule has 0 fully saturated rings. The van der Waals surface area contributed by atoms with Crippen molar-refractivity contribution in [3.63, 3.8) is 0 Å². The Kier molecular flexibility index (Phi) is 6.02. The topological polar surface area (TPSA) is 50.4 Å². The van der Waals surface area contributed by atoms with Crippen LogP contribution in [0.3, 0.4) is 0 Å². The van der Waals surface area contributed by atoms with E-state index in [1.165, 1.54) is 0 Å². The van der Waals surface area contributed by atoms with E-state index in [9.17, 15) is 4.79 Å². The van der Waals surface area contributed by atoms with Crippen LogP contribution < -0.4 is 10.6 Å². The molecule has 1 aromatic carbocycles. The molecule has 1 rings (SSSR count). The Hall–Kier alpha value is -1.55. The van der Waals surface area contributed by atoms with E-state index in [0.717, 1.165) is 24.2 Å². The van der Waals surface area contributed by atoms with E-state index in [1.54, 1.807) is 7.11 Å². The number of aryl methyl sites for hydroxylation is 1. The molecule has 0 aliphatic carbocycles. The second-order valence-corrected chi connectivity index (χ2v) is 5.53. The third kappa shape index (κ3) is 4.85. The maximum atomic E-state index is 11.7. The Morgan fingerprint density at radius 2 is 2.05 bits per heavy atom. The van der Waals surface area contributed by atoms with E-state index in [2.05, 4.69) is 24.5 Å². The van der Waals surface area contributed by atoms with Gasteiger partial charge in [0.05, 0.1) is 5.60 Å². The summed E-state index contributed by atoms with van der Waals surface area (Å²) in [5.74, 6) is -0.0253. The number of benzene rings is 1. The highest BCUT2D eigenvalue weighted by Gasteiger charge is 2.15. The van der Waals surface area contributed by atoms with Gasteiger partial charge < -0.3 is 15.4 Å². The van der Waals surface area contributed by atoms with E-state index < -0.39 is 0 Å². The first-order valence-electron chi connectivity index (χ1n) is 7.07. The Morgan fingerprint density at radius 3 is 2.60 bits per heavy atom. The highest BCUT2D eigenvalue weighted by molar-refractivity contribution is 5.94. The van der Waals surface area contributed by atoms with Gasteiger partial charge in [0.1, 0.15) is 0 Å². The number of hydrogen-bond donors (Lipinski definition) is 2. The summed E-state index contributed by atoms with van der Waals surface area (Å²) in [6, 6.07) is 5.72. The summed E-state index contributed by atoms with van der Waals surface area (Å²) >= 11 is 0. The Bertz CT molecular complexity index is 456. The first-order chi connectivity index (χ1) is 9.39. The van der Waals surface area contributed by atoms with Crippen molar-refractivity contribution in [1.29, 1.82) is 0 Å². The number of ether oxygens (including phenoxy) is 1. The van der Waals surface area contributed by atoms with Crippen molar-refractivity contribution in [1.82, 2.24) is 5.32 Å². The van der Waals surface area contributed by atoms with Crippen molar-refractivity contribution in [2.45, 2.75) is 39.7 Å². The smallest absolute Gasteiger partial charge is 0.251 e. The lowest BCUT2D eigenvalue weighted by Crippen LogP contribution is -2.26. The number of amides is 1. The van der Waals surface area contributed by atoms with Gasteiger partial charge in [-0.3, -0.25) is 4.79 Å². The number of methoxy groups -OCH3 is 1. The predicted molar refractivity (Wildman–Crippen MR) is 83.4 cm³/mol. The molecule has 4 heteroatoms. The van der Waals surface area contributed by atoms with Gasteiger partial charge in [0, 0.05) is 31.5 Å². The van der Waals surface area contributed by atoms with E-state index >= 15 is 0 Å². The van der Waals surface area contributed by atoms with E-state index in [1.807, 2.05) is 32.0 Å². The maximum Gasteiger partial charge on any atom is 0.251 e. The van der Waals surface area contributed by atoms with Crippen LogP contribution >= 0.6 is 0 Å². The maximum absolute atomic E-state index is 11.7. The van der Waals surface area contributed by atoms with Crippen LogP contribution in [0.25, 0.3) is 0 Å². The van der Waals surface area contributed by atoms with Gasteiger partial charge in [-0.1, -0.05) is 0 Å². The summed E-state index contributed by atoms with van der Waals surface area (Å²) in [5, 5.41) is 6.19. The largest absolute Gasteiger partial charge is 0.385 e. The molecular weight excluding hydrogens is 252 g/mol. The molecule has 0 saturated carbocycles. The van der Waals surface area contributed by atoms with Crippen molar-refractivity contribution in [2.24, 2.45) is 0 Å². The quantitative estimate of drug-likeness (QED) is 0.806. The fraction of sp³-hybridized carbons (Fsp3) is 0.562. The van der Waals surface area contributed by atoms with Crippen LogP contribution in [0.2, 0.25) is 0 Å². The Labute approximate surface area is 121 Å². The molecule has 0 aliphatic heterocycles. The third-order valence-corrected chi connectivity index (χ3v) is 3.42. The average molecular weight is 278 g/mol. The standard InChI is InChI=1S/C16H26N2O2/c1-6-17-15(19)13-7-8-14(12(2)11-13)18-10-9-16(3,4)20-5/h7-8,11,18H,6,9-10H2,1-5H3,(H,17,19). The van der Waals surface area contributed by atoms with Crippen molar-refractivity contribution < 1.29 is 9.53 Å². The first-order valence-corrected chi connectivity index (χ1v) is 7.07. The summed E-state index contributed by atoms with van der Waals surface area (Å²) in [4.78, 5) is 11.7. The molecule has 0 radical (unpaired) electrons. The number of hydrogen-bond acceptors (Lipinski definition) is 3. The molecule has 0 atom stereocenters. The minimum absolute atomic E-state index is 0.0253. The first kappa shape index (κ1) is 16.5. The highest BCUT2D eigenvalue weighted by Crippen LogP contribution is 2.18. The molecule has 0 aromatic heterocycles. The van der Waals surface area contributed by atoms with E-state index in [4.69, 9.17) is 4.74 Å². The van der Waals surface area contributed by atoms with Gasteiger partial charge in [-0.15, -0.1) is 0 Å². The van der Waals surface area contributed by atoms with Gasteiger partial charge in [0.25, 0.3) is 5.91 Å². The summed E-state index contributed by atoms with van der Waals surface area (Å²) in [5.41, 5.74) is 2.71. The molecule has 1 aromatic rings. The lowest BCUT2D eigenvalue weighted by atomic mass is 10.0. The lowest BCUT2D eigenvalue weighted by Gasteiger charge is -2.23. The second kappa shape index (κ2) is 7.29. The number of anilines is 1. The lowest BCUT2D eigenvalue weighted by molar-refractivity contribution is 0.0185. The Morgan fingerprint density at radius 1 is 1.35 bits per heavy atom. The van der Waals surface area contributed by atoms with Crippen LogP contribution in [0.4, 0.5) is 5.69 Å². The van der Waals surface area contributed by atoms with Crippen molar-refractivity contribution in [3.05, 3.63) is 29.3 Å². The molecule has 0 unspecified atom stereocenters. The third-order valence-electron chi connectivity index (χ3n) is 3.42. The van der Waals surface area contributed by atoms with Crippen LogP contribution in [0.1, 0.15) is 43.1 Å². The van der Waals surface area contributed by atoms with E-state index in [0.29, 0.717) is 12.1 Å². The zero-order valence-electron chi connectivity index (χ0n) is 13.2. The monoisotopic (exact) mass is 278 g/mol. The number of carbonyl (C=O) groups excluding carboxylic acids is 1. The van der Waals surface area contributed by atoms with Crippen LogP contribution in [-0.4, -0.2) is 31.7 Å². The number of rotatable bonds is 7. The summed E-state index contributed by atoms with van der Waals surface area (Å²) in [6.07, 6.45) is 0.918. The predicted octanol–water partition coefficient (Wildman–Crippen LogP) is 2.97. The second-order valence-electron chi connectivity index (χ2n) is 5.53. The molecule has 20 heavy (non-hydrogen) atoms. The number of nitrogens with one attached hydrogen (secondary N) is 2. The summed E-state index contributed by atoms with van der Waals surface area (Å²) < 4.78 is 5.39. The minimum atomic E-state index is -0.123. The molecule has 0 spiro atoms. The van der Waals surface area contributed by atoms with Gasteiger partial charge in [-0.05, 0) is 57.9 Å². The normalized spacial score (nSPS) is 11.2. The average Bonchev–Trinajstić information content (AvgIpc) is 2.40. The summed E-state index contributed by atoms with van der Waals surface area (Å²) in [7, 11) is 1.73. The van der Waals surface area contributed by atoms with Gasteiger partial charge >= 0.3 is 0 Å². The Balaban J connectivity index is 2.62. The van der Waals surface area contributed by atoms with Crippen LogP contribution in [0.5, 0.6) is 0 Å². The molecular formula is C16H26N2O2. The molecule has 0 heterocycles. The minimum Gasteiger partial charge on any atom is -0.385 e. The van der Waals surface area contributed by atoms with Crippen molar-refractivity contribution in [3.8, 4) is 0 Å². The molecule has 112 valence electrons. The van der Waals surface area contributed by atoms with Gasteiger partial charge in [0.15, 0.2) is 0 Å². The fourth-order valence-corrected chi connectivity index (χ4v) is 1.87. The SMILES string of the molecule is CCNC(=O)c1ccc(NCCC(C)(C)OC)c(C)c1. The zero-order valence-corrected chi connectivity index (χ0v) is 13.2. The molecule has 0 saturated heterocycles. The fourth-order valence-electron chi connectivity index (χ4n) is 1.87. The van der Waals surface area contributed by atoms with Gasteiger partial charge in [-0.25, -0.2) is 0 Å². The molecule has 2 N–H and O–H groups in total. The van der Waals surface area contributed by atoms with Crippen molar-refractivity contribution in [2.75, 3.05) is 25.5 Å². The number of carbonyl (C=O) groups is 1. The molecule has 0 aliphatic rings. The van der Waals surface area contributed by atoms with Gasteiger partial charge in [0.2, 0.25) is 0 Å². The molecule has 4 nitrogen and oxygen atoms in total. The van der Waals surface area contributed by atoms with Crippen molar-refractivity contribution >= 4 is 11.6 Å². The highest BCUT2D eigenvalue weighted by atomic mass is 16.5. The summed E-state index contributed by atoms with van der Waals surface area (Å²) in [6.45, 7) is 9.54. The zero-order chi connectivity index (χ0) is 15.2. The molecule has 0 bridgehead atoms. The van der Waals surface area contributed by atoms with Crippen LogP contribution in [-0.2, 0) is 4.74 Å². The van der Waals surface area contributed by atoms with E-state index in [-0.39, 0.29) is 11.5 Å². The van der Waals surface area contributed by atoms with Gasteiger partial charge in [-0.2, -0.15) is 0 Å². The molecule has 1 amide bonds. The van der Waals surface area contributed by atoms with Crippen LogP contribution in [0.15, 0.2) is 18.2 Å². The van der Waals surface area contributed by atoms with Crippen LogP contribution in [0, 0.1) is 6.92 Å².